The first-order valence-electron chi connectivity index (χ1n) is 7.99. The minimum Gasteiger partial charge on any atom is -0.357 e. The molecule has 3 heterocycles. The fraction of sp³-hybridized carbons (Fsp3) is 0.444. The van der Waals surface area contributed by atoms with Crippen molar-refractivity contribution in [2.45, 2.75) is 25.3 Å². The molecule has 0 unspecified atom stereocenters. The molecule has 1 N–H and O–H groups in total. The number of hydrogen-bond donors (Lipinski definition) is 1. The number of halogens is 1. The van der Waals surface area contributed by atoms with Gasteiger partial charge in [0.1, 0.15) is 0 Å². The van der Waals surface area contributed by atoms with Gasteiger partial charge in [0.2, 0.25) is 0 Å². The number of nitrogens with one attached hydrogen (secondary N) is 1. The third kappa shape index (κ3) is 1.69. The highest BCUT2D eigenvalue weighted by molar-refractivity contribution is 6.29. The summed E-state index contributed by atoms with van der Waals surface area (Å²) in [6.45, 7) is 2.44. The second-order valence-electron chi connectivity index (χ2n) is 6.77. The largest absolute Gasteiger partial charge is 0.357 e. The molecule has 0 amide bonds. The third-order valence-corrected chi connectivity index (χ3v) is 6.05. The number of hydrogen-bond acceptors (Lipinski definition) is 1. The van der Waals surface area contributed by atoms with Gasteiger partial charge in [0.25, 0.3) is 0 Å². The Hall–Kier alpha value is -1.25. The van der Waals surface area contributed by atoms with Crippen LogP contribution in [0.2, 0.25) is 0 Å². The summed E-state index contributed by atoms with van der Waals surface area (Å²) >= 11 is 6.35. The van der Waals surface area contributed by atoms with Crippen LogP contribution in [0.15, 0.2) is 35.4 Å². The molecule has 1 aromatic heterocycles. The van der Waals surface area contributed by atoms with E-state index in [2.05, 4.69) is 40.2 Å². The van der Waals surface area contributed by atoms with Gasteiger partial charge in [0.05, 0.1) is 6.04 Å². The van der Waals surface area contributed by atoms with Crippen molar-refractivity contribution in [3.8, 4) is 0 Å². The van der Waals surface area contributed by atoms with E-state index in [0.29, 0.717) is 12.0 Å². The smallest absolute Gasteiger partial charge is 0.0536 e. The van der Waals surface area contributed by atoms with Gasteiger partial charge in [-0.05, 0) is 42.7 Å². The molecule has 1 aliphatic carbocycles. The zero-order valence-electron chi connectivity index (χ0n) is 12.0. The van der Waals surface area contributed by atoms with Gasteiger partial charge >= 0.3 is 0 Å². The number of benzene rings is 1. The number of allylic oxidation sites excluding steroid dienone is 2. The predicted molar refractivity (Wildman–Crippen MR) is 86.5 cm³/mol. The Labute approximate surface area is 129 Å². The molecular formula is C18H19ClN2. The number of fused-ring (bicyclic) bond motifs is 7. The van der Waals surface area contributed by atoms with Crippen LogP contribution in [0.1, 0.15) is 30.1 Å². The Morgan fingerprint density at radius 3 is 3.10 bits per heavy atom. The molecule has 2 nitrogen and oxygen atoms in total. The molecule has 1 saturated heterocycles. The van der Waals surface area contributed by atoms with Gasteiger partial charge in [-0.1, -0.05) is 35.9 Å². The molecule has 3 atom stereocenters. The fourth-order valence-electron chi connectivity index (χ4n) is 4.82. The Balaban J connectivity index is 1.65. The highest BCUT2D eigenvalue weighted by atomic mass is 35.5. The Morgan fingerprint density at radius 1 is 1.24 bits per heavy atom. The lowest BCUT2D eigenvalue weighted by Crippen LogP contribution is -2.32. The molecule has 3 heteroatoms. The predicted octanol–water partition coefficient (Wildman–Crippen LogP) is 4.23. The van der Waals surface area contributed by atoms with Crippen LogP contribution < -0.4 is 0 Å². The van der Waals surface area contributed by atoms with Crippen LogP contribution >= 0.6 is 11.6 Å². The van der Waals surface area contributed by atoms with Crippen LogP contribution in [0.25, 0.3) is 10.9 Å². The maximum Gasteiger partial charge on any atom is 0.0536 e. The van der Waals surface area contributed by atoms with Crippen molar-refractivity contribution in [1.82, 2.24) is 9.88 Å². The second kappa shape index (κ2) is 4.37. The molecule has 0 radical (unpaired) electrons. The molecule has 108 valence electrons. The van der Waals surface area contributed by atoms with Crippen molar-refractivity contribution in [2.75, 3.05) is 13.1 Å². The molecule has 3 aliphatic rings. The normalized spacial score (nSPS) is 31.7. The van der Waals surface area contributed by atoms with Crippen molar-refractivity contribution in [3.05, 3.63) is 46.6 Å². The second-order valence-corrected chi connectivity index (χ2v) is 7.25. The van der Waals surface area contributed by atoms with Crippen LogP contribution in [0, 0.1) is 11.8 Å². The topological polar surface area (TPSA) is 19.0 Å². The lowest BCUT2D eigenvalue weighted by atomic mass is 9.79. The van der Waals surface area contributed by atoms with E-state index < -0.39 is 0 Å². The monoisotopic (exact) mass is 298 g/mol. The van der Waals surface area contributed by atoms with Crippen molar-refractivity contribution in [3.63, 3.8) is 0 Å². The molecule has 1 aromatic carbocycles. The summed E-state index contributed by atoms with van der Waals surface area (Å²) in [5.74, 6) is 1.48. The standard InChI is InChI=1S/C18H19ClN2/c19-12-6-5-11-10-21-8-7-14-13-3-1-2-4-16(13)20-17(14)18(21)15(11)9-12/h1-4,6,11,15,18,20H,5,7-10H2/t11-,15-,18-/m0/s1. The van der Waals surface area contributed by atoms with E-state index in [4.69, 9.17) is 11.6 Å². The van der Waals surface area contributed by atoms with Crippen molar-refractivity contribution in [1.29, 1.82) is 0 Å². The van der Waals surface area contributed by atoms with Gasteiger partial charge in [-0.2, -0.15) is 0 Å². The highest BCUT2D eigenvalue weighted by Gasteiger charge is 2.46. The molecule has 0 saturated carbocycles. The number of rotatable bonds is 0. The third-order valence-electron chi connectivity index (χ3n) is 5.74. The first-order chi connectivity index (χ1) is 10.3. The van der Waals surface area contributed by atoms with Gasteiger partial charge in [-0.15, -0.1) is 0 Å². The fourth-order valence-corrected chi connectivity index (χ4v) is 5.09. The Kier molecular flexibility index (Phi) is 2.56. The van der Waals surface area contributed by atoms with E-state index in [1.54, 1.807) is 5.56 Å². The molecule has 1 fully saturated rings. The number of H-pyrrole nitrogens is 1. The lowest BCUT2D eigenvalue weighted by molar-refractivity contribution is 0.210. The summed E-state index contributed by atoms with van der Waals surface area (Å²) in [4.78, 5) is 6.42. The van der Waals surface area contributed by atoms with Gasteiger partial charge in [0.15, 0.2) is 0 Å². The Bertz CT molecular complexity index is 745. The lowest BCUT2D eigenvalue weighted by Gasteiger charge is -2.33. The quantitative estimate of drug-likeness (QED) is 0.771. The van der Waals surface area contributed by atoms with E-state index in [-0.39, 0.29) is 0 Å². The number of para-hydroxylation sites is 1. The SMILES string of the molecule is ClC1=CC[C@H]2CN3CCc4c([nH]c5ccccc45)[C@@H]3[C@H]2C1. The average Bonchev–Trinajstić information content (AvgIpc) is 3.04. The van der Waals surface area contributed by atoms with E-state index in [0.717, 1.165) is 23.8 Å². The summed E-state index contributed by atoms with van der Waals surface area (Å²) in [6, 6.07) is 9.30. The average molecular weight is 299 g/mol. The van der Waals surface area contributed by atoms with Gasteiger partial charge in [-0.3, -0.25) is 4.90 Å². The van der Waals surface area contributed by atoms with Crippen molar-refractivity contribution < 1.29 is 0 Å². The summed E-state index contributed by atoms with van der Waals surface area (Å²) in [7, 11) is 0. The van der Waals surface area contributed by atoms with Crippen LogP contribution in [0.3, 0.4) is 0 Å². The van der Waals surface area contributed by atoms with E-state index in [1.165, 1.54) is 36.1 Å². The molecule has 21 heavy (non-hydrogen) atoms. The molecule has 2 aromatic rings. The maximum atomic E-state index is 6.35. The minimum atomic E-state index is 0.550. The first kappa shape index (κ1) is 12.3. The minimum absolute atomic E-state index is 0.550. The molecular weight excluding hydrogens is 280 g/mol. The zero-order chi connectivity index (χ0) is 14.0. The first-order valence-corrected chi connectivity index (χ1v) is 8.37. The molecule has 0 spiro atoms. The Morgan fingerprint density at radius 2 is 2.14 bits per heavy atom. The van der Waals surface area contributed by atoms with Gasteiger partial charge in [-0.25, -0.2) is 0 Å². The number of nitrogens with zero attached hydrogens (tertiary/aromatic N) is 1. The molecule has 5 rings (SSSR count). The molecule has 0 bridgehead atoms. The van der Waals surface area contributed by atoms with Crippen molar-refractivity contribution >= 4 is 22.5 Å². The number of aromatic amines is 1. The van der Waals surface area contributed by atoms with Crippen LogP contribution in [0.5, 0.6) is 0 Å². The van der Waals surface area contributed by atoms with Crippen molar-refractivity contribution in [2.24, 2.45) is 11.8 Å². The maximum absolute atomic E-state index is 6.35. The summed E-state index contributed by atoms with van der Waals surface area (Å²) < 4.78 is 0. The van der Waals surface area contributed by atoms with E-state index in [9.17, 15) is 0 Å². The van der Waals surface area contributed by atoms with E-state index >= 15 is 0 Å². The van der Waals surface area contributed by atoms with Crippen LogP contribution in [0.4, 0.5) is 0 Å². The molecule has 2 aliphatic heterocycles. The summed E-state index contributed by atoms with van der Waals surface area (Å²) in [5.41, 5.74) is 4.32. The van der Waals surface area contributed by atoms with Gasteiger partial charge in [0, 0.05) is 34.7 Å². The van der Waals surface area contributed by atoms with Crippen LogP contribution in [-0.4, -0.2) is 23.0 Å². The van der Waals surface area contributed by atoms with E-state index in [1.807, 2.05) is 0 Å². The van der Waals surface area contributed by atoms with Crippen LogP contribution in [-0.2, 0) is 6.42 Å². The summed E-state index contributed by atoms with van der Waals surface area (Å²) in [5, 5.41) is 2.49. The highest BCUT2D eigenvalue weighted by Crippen LogP contribution is 2.51. The zero-order valence-corrected chi connectivity index (χ0v) is 12.7. The number of aromatic nitrogens is 1. The summed E-state index contributed by atoms with van der Waals surface area (Å²) in [6.07, 6.45) is 5.64. The van der Waals surface area contributed by atoms with Gasteiger partial charge < -0.3 is 4.98 Å².